The minimum absolute atomic E-state index is 0.0421. The zero-order valence-corrected chi connectivity index (χ0v) is 19.2. The highest BCUT2D eigenvalue weighted by Gasteiger charge is 2.32. The third kappa shape index (κ3) is 4.41. The van der Waals surface area contributed by atoms with Crippen molar-refractivity contribution in [3.05, 3.63) is 66.4 Å². The fraction of sp³-hybridized carbons (Fsp3) is 0.346. The number of benzene rings is 2. The number of aromatic nitrogens is 2. The van der Waals surface area contributed by atoms with Crippen LogP contribution in [0.1, 0.15) is 23.2 Å². The number of para-hydroxylation sites is 1. The quantitative estimate of drug-likeness (QED) is 0.585. The molecule has 1 atom stereocenters. The Morgan fingerprint density at radius 1 is 0.971 bits per heavy atom. The predicted octanol–water partition coefficient (Wildman–Crippen LogP) is 3.01. The van der Waals surface area contributed by atoms with Gasteiger partial charge in [0.15, 0.2) is 0 Å². The molecule has 0 bridgehead atoms. The largest absolute Gasteiger partial charge is 0.497 e. The average Bonchev–Trinajstić information content (AvgIpc) is 3.60. The van der Waals surface area contributed by atoms with Crippen LogP contribution in [-0.4, -0.2) is 77.4 Å². The lowest BCUT2D eigenvalue weighted by Gasteiger charge is -2.35. The van der Waals surface area contributed by atoms with Crippen LogP contribution in [0.25, 0.3) is 16.9 Å². The van der Waals surface area contributed by atoms with Gasteiger partial charge in [-0.3, -0.25) is 9.59 Å². The highest BCUT2D eigenvalue weighted by Crippen LogP contribution is 2.27. The van der Waals surface area contributed by atoms with Gasteiger partial charge in [0.2, 0.25) is 0 Å². The molecule has 2 fully saturated rings. The van der Waals surface area contributed by atoms with Gasteiger partial charge >= 0.3 is 0 Å². The molecule has 8 heteroatoms. The molecule has 0 spiro atoms. The number of carbonyl (C=O) groups excluding carboxylic acids is 2. The summed E-state index contributed by atoms with van der Waals surface area (Å²) < 4.78 is 12.6. The number of piperazine rings is 1. The first-order chi connectivity index (χ1) is 16.6. The minimum atomic E-state index is -0.326. The lowest BCUT2D eigenvalue weighted by atomic mass is 10.1. The van der Waals surface area contributed by atoms with E-state index in [0.29, 0.717) is 44.0 Å². The highest BCUT2D eigenvalue weighted by molar-refractivity contribution is 6.00. The van der Waals surface area contributed by atoms with Gasteiger partial charge in [-0.2, -0.15) is 5.10 Å². The van der Waals surface area contributed by atoms with E-state index in [4.69, 9.17) is 14.6 Å². The summed E-state index contributed by atoms with van der Waals surface area (Å²) in [7, 11) is 1.62. The molecule has 2 aromatic carbocycles. The van der Waals surface area contributed by atoms with Gasteiger partial charge in [-0.1, -0.05) is 18.2 Å². The number of hydrogen-bond acceptors (Lipinski definition) is 5. The van der Waals surface area contributed by atoms with E-state index in [2.05, 4.69) is 0 Å². The summed E-state index contributed by atoms with van der Waals surface area (Å²) in [4.78, 5) is 29.9. The molecule has 0 N–H and O–H groups in total. The Balaban J connectivity index is 1.38. The summed E-state index contributed by atoms with van der Waals surface area (Å²) in [6.07, 6.45) is 3.17. The second-order valence-electron chi connectivity index (χ2n) is 8.52. The van der Waals surface area contributed by atoms with Crippen LogP contribution in [0.4, 0.5) is 0 Å². The molecule has 1 unspecified atom stereocenters. The van der Waals surface area contributed by atoms with Crippen molar-refractivity contribution < 1.29 is 19.1 Å². The SMILES string of the molecule is COc1ccc(-c2nn(-c3ccccc3)cc2C(=O)N2CCN(C(=O)C3CCCO3)CC2)cc1. The lowest BCUT2D eigenvalue weighted by Crippen LogP contribution is -2.52. The molecule has 1 aromatic heterocycles. The molecule has 8 nitrogen and oxygen atoms in total. The van der Waals surface area contributed by atoms with Crippen LogP contribution >= 0.6 is 0 Å². The summed E-state index contributed by atoms with van der Waals surface area (Å²) in [6, 6.07) is 17.3. The van der Waals surface area contributed by atoms with Crippen molar-refractivity contribution in [2.75, 3.05) is 39.9 Å². The van der Waals surface area contributed by atoms with E-state index in [1.807, 2.05) is 59.5 Å². The number of amides is 2. The van der Waals surface area contributed by atoms with Crippen molar-refractivity contribution in [3.8, 4) is 22.7 Å². The summed E-state index contributed by atoms with van der Waals surface area (Å²) in [5.41, 5.74) is 2.87. The van der Waals surface area contributed by atoms with Gasteiger partial charge in [-0.25, -0.2) is 4.68 Å². The summed E-state index contributed by atoms with van der Waals surface area (Å²) >= 11 is 0. The van der Waals surface area contributed by atoms with Crippen molar-refractivity contribution in [1.29, 1.82) is 0 Å². The number of methoxy groups -OCH3 is 1. The van der Waals surface area contributed by atoms with Crippen molar-refractivity contribution in [1.82, 2.24) is 19.6 Å². The standard InChI is InChI=1S/C26H28N4O4/c1-33-21-11-9-19(10-12-21)24-22(18-30(27-24)20-6-3-2-4-7-20)25(31)28-13-15-29(16-14-28)26(32)23-8-5-17-34-23/h2-4,6-7,9-12,18,23H,5,8,13-17H2,1H3. The molecule has 176 valence electrons. The van der Waals surface area contributed by atoms with Crippen molar-refractivity contribution in [2.45, 2.75) is 18.9 Å². The maximum absolute atomic E-state index is 13.6. The Hall–Kier alpha value is -3.65. The van der Waals surface area contributed by atoms with E-state index >= 15 is 0 Å². The highest BCUT2D eigenvalue weighted by atomic mass is 16.5. The van der Waals surface area contributed by atoms with Crippen LogP contribution in [0.3, 0.4) is 0 Å². The van der Waals surface area contributed by atoms with E-state index in [1.165, 1.54) is 0 Å². The van der Waals surface area contributed by atoms with Gasteiger partial charge in [-0.15, -0.1) is 0 Å². The first-order valence-corrected chi connectivity index (χ1v) is 11.6. The van der Waals surface area contributed by atoms with Gasteiger partial charge in [0.25, 0.3) is 11.8 Å². The summed E-state index contributed by atoms with van der Waals surface area (Å²) in [5.74, 6) is 0.698. The molecule has 34 heavy (non-hydrogen) atoms. The smallest absolute Gasteiger partial charge is 0.257 e. The lowest BCUT2D eigenvalue weighted by molar-refractivity contribution is -0.142. The molecule has 0 saturated carbocycles. The fourth-order valence-electron chi connectivity index (χ4n) is 4.48. The fourth-order valence-corrected chi connectivity index (χ4v) is 4.48. The summed E-state index contributed by atoms with van der Waals surface area (Å²) in [6.45, 7) is 2.63. The van der Waals surface area contributed by atoms with Gasteiger partial charge in [0.05, 0.1) is 18.4 Å². The van der Waals surface area contributed by atoms with Gasteiger partial charge in [-0.05, 0) is 49.2 Å². The molecule has 0 aliphatic carbocycles. The molecular weight excluding hydrogens is 432 g/mol. The maximum Gasteiger partial charge on any atom is 0.257 e. The van der Waals surface area contributed by atoms with E-state index in [9.17, 15) is 9.59 Å². The zero-order chi connectivity index (χ0) is 23.5. The van der Waals surface area contributed by atoms with Gasteiger partial charge < -0.3 is 19.3 Å². The van der Waals surface area contributed by atoms with Crippen LogP contribution in [0.15, 0.2) is 60.8 Å². The predicted molar refractivity (Wildman–Crippen MR) is 127 cm³/mol. The van der Waals surface area contributed by atoms with Crippen LogP contribution < -0.4 is 4.74 Å². The number of carbonyl (C=O) groups is 2. The number of hydrogen-bond donors (Lipinski definition) is 0. The molecule has 5 rings (SSSR count). The normalized spacial score (nSPS) is 18.2. The monoisotopic (exact) mass is 460 g/mol. The topological polar surface area (TPSA) is 76.9 Å². The van der Waals surface area contributed by atoms with Gasteiger partial charge in [0.1, 0.15) is 17.5 Å². The molecule has 3 heterocycles. The minimum Gasteiger partial charge on any atom is -0.497 e. The Bertz CT molecular complexity index is 1150. The molecule has 0 radical (unpaired) electrons. The molecule has 2 aliphatic heterocycles. The van der Waals surface area contributed by atoms with Crippen molar-refractivity contribution in [3.63, 3.8) is 0 Å². The molecule has 3 aromatic rings. The van der Waals surface area contributed by atoms with E-state index in [0.717, 1.165) is 29.8 Å². The van der Waals surface area contributed by atoms with E-state index in [-0.39, 0.29) is 17.9 Å². The van der Waals surface area contributed by atoms with Gasteiger partial charge in [0, 0.05) is 44.5 Å². The van der Waals surface area contributed by atoms with E-state index in [1.54, 1.807) is 22.9 Å². The first-order valence-electron chi connectivity index (χ1n) is 11.6. The first kappa shape index (κ1) is 22.2. The maximum atomic E-state index is 13.6. The molecule has 2 saturated heterocycles. The zero-order valence-electron chi connectivity index (χ0n) is 19.2. The Labute approximate surface area is 198 Å². The Morgan fingerprint density at radius 3 is 2.32 bits per heavy atom. The molecular formula is C26H28N4O4. The van der Waals surface area contributed by atoms with Crippen LogP contribution in [-0.2, 0) is 9.53 Å². The van der Waals surface area contributed by atoms with Crippen molar-refractivity contribution in [2.24, 2.45) is 0 Å². The van der Waals surface area contributed by atoms with Crippen LogP contribution in [0.2, 0.25) is 0 Å². The number of rotatable bonds is 5. The van der Waals surface area contributed by atoms with Crippen LogP contribution in [0, 0.1) is 0 Å². The second kappa shape index (κ2) is 9.69. The molecule has 2 aliphatic rings. The Morgan fingerprint density at radius 2 is 1.68 bits per heavy atom. The number of ether oxygens (including phenoxy) is 2. The summed E-state index contributed by atoms with van der Waals surface area (Å²) in [5, 5.41) is 4.76. The molecule has 2 amide bonds. The third-order valence-corrected chi connectivity index (χ3v) is 6.41. The Kier molecular flexibility index (Phi) is 6.31. The third-order valence-electron chi connectivity index (χ3n) is 6.41. The van der Waals surface area contributed by atoms with Crippen molar-refractivity contribution >= 4 is 11.8 Å². The van der Waals surface area contributed by atoms with Crippen LogP contribution in [0.5, 0.6) is 5.75 Å². The van der Waals surface area contributed by atoms with E-state index < -0.39 is 0 Å². The number of nitrogens with zero attached hydrogens (tertiary/aromatic N) is 4. The second-order valence-corrected chi connectivity index (χ2v) is 8.52. The average molecular weight is 461 g/mol.